The SMILES string of the molecule is [2H]c1cc([2H])c(C)c([2H])c1. The minimum Gasteiger partial charge on any atom is -0.0622 e. The molecule has 0 radical (unpaired) electrons. The molecule has 0 unspecified atom stereocenters. The Morgan fingerprint density at radius 1 is 1.43 bits per heavy atom. The first-order chi connectivity index (χ1) is 4.61. The average molecular weight is 95.2 g/mol. The lowest BCUT2D eigenvalue weighted by Crippen LogP contribution is -1.62. The van der Waals surface area contributed by atoms with E-state index in [2.05, 4.69) is 0 Å². The van der Waals surface area contributed by atoms with Crippen molar-refractivity contribution in [3.05, 3.63) is 35.8 Å². The summed E-state index contributed by atoms with van der Waals surface area (Å²) in [4.78, 5) is 0. The number of rotatable bonds is 0. The molecule has 0 spiro atoms. The molecule has 0 fully saturated rings. The highest BCUT2D eigenvalue weighted by atomic mass is 13.8. The Bertz CT molecular complexity index is 232. The monoisotopic (exact) mass is 95.1 g/mol. The van der Waals surface area contributed by atoms with Gasteiger partial charge in [0.15, 0.2) is 0 Å². The maximum absolute atomic E-state index is 7.26. The Kier molecular flexibility index (Phi) is 0.508. The van der Waals surface area contributed by atoms with E-state index < -0.39 is 0 Å². The van der Waals surface area contributed by atoms with Crippen LogP contribution < -0.4 is 0 Å². The maximum atomic E-state index is 7.26. The van der Waals surface area contributed by atoms with E-state index in [0.717, 1.165) is 0 Å². The van der Waals surface area contributed by atoms with E-state index in [0.29, 0.717) is 5.56 Å². The molecule has 0 bridgehead atoms. The highest BCUT2D eigenvalue weighted by Crippen LogP contribution is 1.92. The standard InChI is InChI=1S/C7H8/c1-7-5-3-2-4-6-7/h2-6H,1H3/i2D,5D,6D. The molecule has 0 nitrogen and oxygen atoms in total. The lowest BCUT2D eigenvalue weighted by molar-refractivity contribution is 1.48. The zero-order valence-corrected chi connectivity index (χ0v) is 4.15. The van der Waals surface area contributed by atoms with E-state index in [4.69, 9.17) is 4.11 Å². The molecular weight excluding hydrogens is 84.1 g/mol. The molecule has 1 rings (SSSR count). The molecule has 0 saturated heterocycles. The van der Waals surface area contributed by atoms with Gasteiger partial charge in [-0.25, -0.2) is 0 Å². The van der Waals surface area contributed by atoms with Gasteiger partial charge in [0.25, 0.3) is 0 Å². The molecule has 0 N–H and O–H groups in total. The first-order valence-corrected chi connectivity index (χ1v) is 2.15. The van der Waals surface area contributed by atoms with Gasteiger partial charge in [-0.1, -0.05) is 35.8 Å². The van der Waals surface area contributed by atoms with Crippen molar-refractivity contribution in [2.45, 2.75) is 6.92 Å². The van der Waals surface area contributed by atoms with Crippen LogP contribution in [0.25, 0.3) is 0 Å². The fourth-order valence-corrected chi connectivity index (χ4v) is 0.383. The predicted molar refractivity (Wildman–Crippen MR) is 31.2 cm³/mol. The number of hydrogen-bond acceptors (Lipinski definition) is 0. The van der Waals surface area contributed by atoms with Crippen molar-refractivity contribution in [3.8, 4) is 0 Å². The van der Waals surface area contributed by atoms with E-state index in [1.165, 1.54) is 12.1 Å². The van der Waals surface area contributed by atoms with Gasteiger partial charge in [-0.3, -0.25) is 0 Å². The topological polar surface area (TPSA) is 0 Å². The molecule has 0 aliphatic rings. The molecule has 36 valence electrons. The van der Waals surface area contributed by atoms with Crippen LogP contribution in [0.15, 0.2) is 30.3 Å². The van der Waals surface area contributed by atoms with Crippen LogP contribution in [0.4, 0.5) is 0 Å². The summed E-state index contributed by atoms with van der Waals surface area (Å²) < 4.78 is 21.7. The lowest BCUT2D eigenvalue weighted by atomic mass is 10.2. The third-order valence-corrected chi connectivity index (χ3v) is 0.744. The van der Waals surface area contributed by atoms with E-state index in [9.17, 15) is 0 Å². The van der Waals surface area contributed by atoms with Crippen LogP contribution in [-0.4, -0.2) is 0 Å². The predicted octanol–water partition coefficient (Wildman–Crippen LogP) is 2.00. The summed E-state index contributed by atoms with van der Waals surface area (Å²) >= 11 is 0. The molecule has 7 heavy (non-hydrogen) atoms. The van der Waals surface area contributed by atoms with E-state index in [1.807, 2.05) is 0 Å². The highest BCUT2D eigenvalue weighted by molar-refractivity contribution is 5.11. The summed E-state index contributed by atoms with van der Waals surface area (Å²) in [5.41, 5.74) is 0.635. The van der Waals surface area contributed by atoms with Crippen molar-refractivity contribution < 1.29 is 4.11 Å². The summed E-state index contributed by atoms with van der Waals surface area (Å²) in [7, 11) is 0. The van der Waals surface area contributed by atoms with Crippen molar-refractivity contribution in [3.63, 3.8) is 0 Å². The van der Waals surface area contributed by atoms with Crippen LogP contribution in [0.2, 0.25) is 0 Å². The first-order valence-electron chi connectivity index (χ1n) is 3.65. The van der Waals surface area contributed by atoms with Crippen LogP contribution in [0.3, 0.4) is 0 Å². The highest BCUT2D eigenvalue weighted by Gasteiger charge is 1.72. The van der Waals surface area contributed by atoms with E-state index in [1.54, 1.807) is 6.92 Å². The van der Waals surface area contributed by atoms with Gasteiger partial charge in [-0.2, -0.15) is 0 Å². The van der Waals surface area contributed by atoms with Gasteiger partial charge in [0.2, 0.25) is 0 Å². The van der Waals surface area contributed by atoms with Crippen molar-refractivity contribution in [1.29, 1.82) is 0 Å². The van der Waals surface area contributed by atoms with E-state index >= 15 is 0 Å². The number of benzene rings is 1. The molecule has 0 amide bonds. The van der Waals surface area contributed by atoms with Crippen LogP contribution in [0.1, 0.15) is 9.68 Å². The van der Waals surface area contributed by atoms with Crippen LogP contribution >= 0.6 is 0 Å². The van der Waals surface area contributed by atoms with Gasteiger partial charge in [0, 0.05) is 0 Å². The minimum absolute atomic E-state index is 0.237. The average Bonchev–Trinajstić information content (AvgIpc) is 1.82. The quantitative estimate of drug-likeness (QED) is 0.462. The summed E-state index contributed by atoms with van der Waals surface area (Å²) in [6, 6.07) is 3.66. The van der Waals surface area contributed by atoms with Crippen molar-refractivity contribution in [2.75, 3.05) is 0 Å². The Labute approximate surface area is 48.0 Å². The van der Waals surface area contributed by atoms with Gasteiger partial charge >= 0.3 is 0 Å². The second-order valence-electron chi connectivity index (χ2n) is 1.37. The lowest BCUT2D eigenvalue weighted by Gasteiger charge is -1.82. The van der Waals surface area contributed by atoms with Gasteiger partial charge in [0.05, 0.1) is 4.11 Å². The molecule has 0 saturated carbocycles. The molecule has 1 aromatic rings. The fraction of sp³-hybridized carbons (Fsp3) is 0.143. The van der Waals surface area contributed by atoms with Crippen LogP contribution in [0, 0.1) is 6.92 Å². The van der Waals surface area contributed by atoms with Gasteiger partial charge in [-0.05, 0) is 6.92 Å². The van der Waals surface area contributed by atoms with Gasteiger partial charge < -0.3 is 0 Å². The first kappa shape index (κ1) is 1.99. The minimum atomic E-state index is 0.237. The zero-order valence-electron chi connectivity index (χ0n) is 7.15. The Morgan fingerprint density at radius 2 is 2.00 bits per heavy atom. The van der Waals surface area contributed by atoms with Crippen LogP contribution in [-0.2, 0) is 0 Å². The Morgan fingerprint density at radius 3 is 2.57 bits per heavy atom. The smallest absolute Gasteiger partial charge is 0.0622 e. The molecule has 0 aromatic heterocycles. The van der Waals surface area contributed by atoms with Crippen LogP contribution in [0.5, 0.6) is 0 Å². The summed E-state index contributed by atoms with van der Waals surface area (Å²) in [6.45, 7) is 1.71. The summed E-state index contributed by atoms with van der Waals surface area (Å²) in [5, 5.41) is 0. The number of hydrogen-bond donors (Lipinski definition) is 0. The van der Waals surface area contributed by atoms with Crippen molar-refractivity contribution >= 4 is 0 Å². The van der Waals surface area contributed by atoms with E-state index in [-0.39, 0.29) is 18.1 Å². The van der Waals surface area contributed by atoms with Gasteiger partial charge in [-0.15, -0.1) is 0 Å². The molecule has 0 atom stereocenters. The Balaban J connectivity index is 3.31. The molecule has 0 aliphatic carbocycles. The van der Waals surface area contributed by atoms with Crippen molar-refractivity contribution in [2.24, 2.45) is 0 Å². The largest absolute Gasteiger partial charge is 0.0625 e. The third kappa shape index (κ3) is 1.04. The normalized spacial score (nSPS) is 14.7. The summed E-state index contributed by atoms with van der Waals surface area (Å²) in [5.74, 6) is 0. The summed E-state index contributed by atoms with van der Waals surface area (Å²) in [6.07, 6.45) is 0. The van der Waals surface area contributed by atoms with Gasteiger partial charge in [0.1, 0.15) is 0 Å². The fourth-order valence-electron chi connectivity index (χ4n) is 0.383. The molecule has 0 aliphatic heterocycles. The molecule has 1 aromatic carbocycles. The molecular formula is C7H8. The third-order valence-electron chi connectivity index (χ3n) is 0.744. The maximum Gasteiger partial charge on any atom is 0.0625 e. The molecule has 0 heterocycles. The Hall–Kier alpha value is -0.780. The second kappa shape index (κ2) is 1.78. The zero-order chi connectivity index (χ0) is 7.72. The molecule has 0 heteroatoms. The van der Waals surface area contributed by atoms with Crippen molar-refractivity contribution in [1.82, 2.24) is 0 Å². The second-order valence-corrected chi connectivity index (χ2v) is 1.37.